The number of halogens is 1. The molecule has 0 saturated carbocycles. The van der Waals surface area contributed by atoms with Gasteiger partial charge >= 0.3 is 0 Å². The minimum atomic E-state index is -0.199. The summed E-state index contributed by atoms with van der Waals surface area (Å²) in [4.78, 5) is 4.07. The third-order valence-electron chi connectivity index (χ3n) is 1.69. The molecule has 4 heteroatoms. The standard InChI is InChI=1S/C9H12ClN3/c1-2-3-7(11)9-8(12)4-6(10)5-13-9/h2,4-5,7H,1,3,11-12H2/t7-/m0/s1. The van der Waals surface area contributed by atoms with Crippen LogP contribution >= 0.6 is 11.6 Å². The van der Waals surface area contributed by atoms with Gasteiger partial charge in [0, 0.05) is 6.20 Å². The Morgan fingerprint density at radius 3 is 2.92 bits per heavy atom. The number of hydrogen-bond donors (Lipinski definition) is 2. The van der Waals surface area contributed by atoms with Crippen LogP contribution < -0.4 is 11.5 Å². The molecule has 0 radical (unpaired) electrons. The first-order valence-corrected chi connectivity index (χ1v) is 4.30. The highest BCUT2D eigenvalue weighted by atomic mass is 35.5. The average Bonchev–Trinajstić information content (AvgIpc) is 2.04. The molecule has 0 aliphatic heterocycles. The molecule has 0 saturated heterocycles. The Morgan fingerprint density at radius 2 is 2.38 bits per heavy atom. The second-order valence-electron chi connectivity index (χ2n) is 2.76. The summed E-state index contributed by atoms with van der Waals surface area (Å²) in [6.45, 7) is 3.60. The molecule has 0 spiro atoms. The maximum atomic E-state index is 5.80. The van der Waals surface area contributed by atoms with Gasteiger partial charge in [-0.05, 0) is 12.5 Å². The molecule has 0 aromatic carbocycles. The average molecular weight is 198 g/mol. The maximum Gasteiger partial charge on any atom is 0.0803 e. The van der Waals surface area contributed by atoms with E-state index in [1.165, 1.54) is 6.20 Å². The summed E-state index contributed by atoms with van der Waals surface area (Å²) in [6, 6.07) is 1.45. The highest BCUT2D eigenvalue weighted by molar-refractivity contribution is 6.30. The van der Waals surface area contributed by atoms with Crippen molar-refractivity contribution in [2.75, 3.05) is 5.73 Å². The van der Waals surface area contributed by atoms with Gasteiger partial charge in [0.15, 0.2) is 0 Å². The fraction of sp³-hybridized carbons (Fsp3) is 0.222. The molecule has 1 aromatic rings. The fourth-order valence-electron chi connectivity index (χ4n) is 1.07. The van der Waals surface area contributed by atoms with Gasteiger partial charge in [-0.25, -0.2) is 0 Å². The second kappa shape index (κ2) is 4.25. The van der Waals surface area contributed by atoms with Gasteiger partial charge in [-0.3, -0.25) is 4.98 Å². The lowest BCUT2D eigenvalue weighted by atomic mass is 10.1. The summed E-state index contributed by atoms with van der Waals surface area (Å²) in [7, 11) is 0. The summed E-state index contributed by atoms with van der Waals surface area (Å²) in [6.07, 6.45) is 3.93. The zero-order chi connectivity index (χ0) is 9.84. The van der Waals surface area contributed by atoms with E-state index in [4.69, 9.17) is 23.1 Å². The van der Waals surface area contributed by atoms with E-state index in [0.29, 0.717) is 22.8 Å². The van der Waals surface area contributed by atoms with E-state index in [1.807, 2.05) is 0 Å². The van der Waals surface area contributed by atoms with E-state index in [-0.39, 0.29) is 6.04 Å². The molecule has 3 nitrogen and oxygen atoms in total. The topological polar surface area (TPSA) is 64.9 Å². The number of aromatic nitrogens is 1. The monoisotopic (exact) mass is 197 g/mol. The van der Waals surface area contributed by atoms with Crippen molar-refractivity contribution >= 4 is 17.3 Å². The van der Waals surface area contributed by atoms with E-state index in [2.05, 4.69) is 11.6 Å². The van der Waals surface area contributed by atoms with E-state index >= 15 is 0 Å². The molecule has 1 atom stereocenters. The van der Waals surface area contributed by atoms with Crippen LogP contribution in [0.3, 0.4) is 0 Å². The molecule has 0 fully saturated rings. The molecule has 70 valence electrons. The number of rotatable bonds is 3. The molecule has 1 aromatic heterocycles. The van der Waals surface area contributed by atoms with Crippen molar-refractivity contribution in [3.63, 3.8) is 0 Å². The Balaban J connectivity index is 2.94. The van der Waals surface area contributed by atoms with Crippen LogP contribution in [0.1, 0.15) is 18.2 Å². The van der Waals surface area contributed by atoms with E-state index in [9.17, 15) is 0 Å². The highest BCUT2D eigenvalue weighted by Crippen LogP contribution is 2.21. The number of nitrogens with two attached hydrogens (primary N) is 2. The lowest BCUT2D eigenvalue weighted by Gasteiger charge is -2.10. The van der Waals surface area contributed by atoms with Gasteiger partial charge in [-0.2, -0.15) is 0 Å². The highest BCUT2D eigenvalue weighted by Gasteiger charge is 2.09. The van der Waals surface area contributed by atoms with Crippen LogP contribution in [0.15, 0.2) is 24.9 Å². The van der Waals surface area contributed by atoms with Crippen molar-refractivity contribution in [3.8, 4) is 0 Å². The zero-order valence-corrected chi connectivity index (χ0v) is 7.96. The van der Waals surface area contributed by atoms with Gasteiger partial charge < -0.3 is 11.5 Å². The molecule has 0 aliphatic carbocycles. The minimum Gasteiger partial charge on any atom is -0.397 e. The number of hydrogen-bond acceptors (Lipinski definition) is 3. The Kier molecular flexibility index (Phi) is 3.28. The first-order valence-electron chi connectivity index (χ1n) is 3.92. The van der Waals surface area contributed by atoms with Gasteiger partial charge in [0.1, 0.15) is 0 Å². The van der Waals surface area contributed by atoms with E-state index in [0.717, 1.165) is 0 Å². The Morgan fingerprint density at radius 1 is 1.69 bits per heavy atom. The molecule has 0 unspecified atom stereocenters. The van der Waals surface area contributed by atoms with Crippen LogP contribution in [0.5, 0.6) is 0 Å². The molecular formula is C9H12ClN3. The third-order valence-corrected chi connectivity index (χ3v) is 1.89. The molecular weight excluding hydrogens is 186 g/mol. The van der Waals surface area contributed by atoms with Gasteiger partial charge in [0.05, 0.1) is 22.4 Å². The van der Waals surface area contributed by atoms with Crippen molar-refractivity contribution in [2.45, 2.75) is 12.5 Å². The molecule has 0 aliphatic rings. The second-order valence-corrected chi connectivity index (χ2v) is 3.20. The zero-order valence-electron chi connectivity index (χ0n) is 7.20. The normalized spacial score (nSPS) is 12.5. The van der Waals surface area contributed by atoms with Gasteiger partial charge in [-0.1, -0.05) is 17.7 Å². The Labute approximate surface area is 82.4 Å². The molecule has 0 amide bonds. The quantitative estimate of drug-likeness (QED) is 0.728. The first-order chi connectivity index (χ1) is 6.15. The van der Waals surface area contributed by atoms with Crippen LogP contribution in [-0.2, 0) is 0 Å². The maximum absolute atomic E-state index is 5.80. The van der Waals surface area contributed by atoms with Crippen molar-refractivity contribution in [1.82, 2.24) is 4.98 Å². The van der Waals surface area contributed by atoms with Gasteiger partial charge in [-0.15, -0.1) is 6.58 Å². The fourth-order valence-corrected chi connectivity index (χ4v) is 1.23. The van der Waals surface area contributed by atoms with Crippen LogP contribution in [0.2, 0.25) is 5.02 Å². The summed E-state index contributed by atoms with van der Waals surface area (Å²) in [5.41, 5.74) is 12.7. The van der Waals surface area contributed by atoms with Crippen LogP contribution in [0.4, 0.5) is 5.69 Å². The predicted molar refractivity (Wildman–Crippen MR) is 55.4 cm³/mol. The minimum absolute atomic E-state index is 0.199. The lowest BCUT2D eigenvalue weighted by Crippen LogP contribution is -2.13. The van der Waals surface area contributed by atoms with Crippen molar-refractivity contribution in [1.29, 1.82) is 0 Å². The largest absolute Gasteiger partial charge is 0.397 e. The predicted octanol–water partition coefficient (Wildman–Crippen LogP) is 1.89. The number of anilines is 1. The molecule has 13 heavy (non-hydrogen) atoms. The van der Waals surface area contributed by atoms with E-state index in [1.54, 1.807) is 12.1 Å². The van der Waals surface area contributed by atoms with Gasteiger partial charge in [0.2, 0.25) is 0 Å². The number of pyridine rings is 1. The smallest absolute Gasteiger partial charge is 0.0803 e. The Bertz CT molecular complexity index is 312. The number of nitrogens with zero attached hydrogens (tertiary/aromatic N) is 1. The molecule has 1 rings (SSSR count). The van der Waals surface area contributed by atoms with Crippen molar-refractivity contribution in [2.24, 2.45) is 5.73 Å². The van der Waals surface area contributed by atoms with E-state index < -0.39 is 0 Å². The SMILES string of the molecule is C=CC[C@H](N)c1ncc(Cl)cc1N. The molecule has 4 N–H and O–H groups in total. The van der Waals surface area contributed by atoms with Crippen LogP contribution in [-0.4, -0.2) is 4.98 Å². The van der Waals surface area contributed by atoms with Crippen LogP contribution in [0.25, 0.3) is 0 Å². The molecule has 1 heterocycles. The number of nitrogen functional groups attached to an aromatic ring is 1. The molecule has 0 bridgehead atoms. The van der Waals surface area contributed by atoms with Crippen molar-refractivity contribution < 1.29 is 0 Å². The third kappa shape index (κ3) is 2.44. The summed E-state index contributed by atoms with van der Waals surface area (Å²) in [5, 5.41) is 0.520. The first kappa shape index (κ1) is 10.0. The summed E-state index contributed by atoms with van der Waals surface area (Å²) < 4.78 is 0. The summed E-state index contributed by atoms with van der Waals surface area (Å²) in [5.74, 6) is 0. The van der Waals surface area contributed by atoms with Crippen molar-refractivity contribution in [3.05, 3.63) is 35.6 Å². The summed E-state index contributed by atoms with van der Waals surface area (Å²) >= 11 is 5.70. The lowest BCUT2D eigenvalue weighted by molar-refractivity contribution is 0.717. The Hall–Kier alpha value is -1.06. The van der Waals surface area contributed by atoms with Crippen LogP contribution in [0, 0.1) is 0 Å². The van der Waals surface area contributed by atoms with Gasteiger partial charge in [0.25, 0.3) is 0 Å².